The van der Waals surface area contributed by atoms with E-state index >= 15 is 0 Å². The average Bonchev–Trinajstić information content (AvgIpc) is 2.47. The number of hydrogen-bond donors (Lipinski definition) is 3. The molecule has 1 aromatic rings. The van der Waals surface area contributed by atoms with Gasteiger partial charge in [0.15, 0.2) is 0 Å². The first-order valence-electron chi connectivity index (χ1n) is 8.09. The maximum absolute atomic E-state index is 11.5. The molecule has 4 nitrogen and oxygen atoms in total. The quantitative estimate of drug-likeness (QED) is 0.746. The number of fused-ring (bicyclic) bond motifs is 1. The molecule has 2 unspecified atom stereocenters. The zero-order valence-corrected chi connectivity index (χ0v) is 12.7. The van der Waals surface area contributed by atoms with Gasteiger partial charge in [-0.05, 0) is 42.4 Å². The smallest absolute Gasteiger partial charge is 0.224 e. The van der Waals surface area contributed by atoms with E-state index in [2.05, 4.69) is 17.6 Å². The summed E-state index contributed by atoms with van der Waals surface area (Å²) in [6.45, 7) is 3.32. The first-order chi connectivity index (χ1) is 10.1. The van der Waals surface area contributed by atoms with E-state index in [1.807, 2.05) is 12.1 Å². The van der Waals surface area contributed by atoms with Crippen molar-refractivity contribution in [2.75, 3.05) is 22.9 Å². The summed E-state index contributed by atoms with van der Waals surface area (Å²) in [5.41, 5.74) is 9.95. The summed E-state index contributed by atoms with van der Waals surface area (Å²) < 4.78 is 0. The van der Waals surface area contributed by atoms with E-state index in [1.54, 1.807) is 0 Å². The van der Waals surface area contributed by atoms with Crippen LogP contribution in [0.1, 0.15) is 44.6 Å². The Kier molecular flexibility index (Phi) is 4.04. The van der Waals surface area contributed by atoms with E-state index in [1.165, 1.54) is 25.7 Å². The van der Waals surface area contributed by atoms with Crippen LogP contribution >= 0.6 is 0 Å². The number of nitrogen functional groups attached to an aromatic ring is 1. The Morgan fingerprint density at radius 1 is 1.29 bits per heavy atom. The minimum absolute atomic E-state index is 0.0964. The maximum atomic E-state index is 11.5. The normalized spacial score (nSPS) is 25.1. The molecule has 1 aliphatic heterocycles. The molecule has 0 saturated heterocycles. The fourth-order valence-corrected chi connectivity index (χ4v) is 3.54. The van der Waals surface area contributed by atoms with E-state index in [9.17, 15) is 4.79 Å². The van der Waals surface area contributed by atoms with Crippen molar-refractivity contribution >= 4 is 23.0 Å². The van der Waals surface area contributed by atoms with Gasteiger partial charge in [0.1, 0.15) is 0 Å². The average molecular weight is 287 g/mol. The second-order valence-electron chi connectivity index (χ2n) is 6.55. The van der Waals surface area contributed by atoms with Gasteiger partial charge in [-0.15, -0.1) is 0 Å². The molecule has 4 heteroatoms. The van der Waals surface area contributed by atoms with Crippen molar-refractivity contribution in [2.45, 2.75) is 45.4 Å². The highest BCUT2D eigenvalue weighted by Gasteiger charge is 2.22. The van der Waals surface area contributed by atoms with Crippen molar-refractivity contribution in [3.05, 3.63) is 17.7 Å². The Hall–Kier alpha value is -1.71. The Labute approximate surface area is 126 Å². The summed E-state index contributed by atoms with van der Waals surface area (Å²) in [5, 5.41) is 6.44. The van der Waals surface area contributed by atoms with Gasteiger partial charge in [0.05, 0.1) is 11.4 Å². The molecule has 1 aliphatic carbocycles. The number of rotatable bonds is 3. The molecule has 1 amide bonds. The van der Waals surface area contributed by atoms with Gasteiger partial charge in [-0.2, -0.15) is 0 Å². The highest BCUT2D eigenvalue weighted by molar-refractivity contribution is 5.95. The number of carbonyl (C=O) groups is 1. The topological polar surface area (TPSA) is 67.1 Å². The summed E-state index contributed by atoms with van der Waals surface area (Å²) in [6.07, 6.45) is 6.68. The zero-order valence-electron chi connectivity index (χ0n) is 12.7. The van der Waals surface area contributed by atoms with Gasteiger partial charge in [-0.25, -0.2) is 0 Å². The SMILES string of the molecule is CC1CCCCC1CNc1cc2c(cc1N)CCC(=O)N2. The number of nitrogens with one attached hydrogen (secondary N) is 2. The molecule has 0 aromatic heterocycles. The molecule has 1 aromatic carbocycles. The van der Waals surface area contributed by atoms with E-state index in [4.69, 9.17) is 5.73 Å². The van der Waals surface area contributed by atoms with Gasteiger partial charge in [0.25, 0.3) is 0 Å². The summed E-state index contributed by atoms with van der Waals surface area (Å²) in [7, 11) is 0. The molecule has 0 radical (unpaired) electrons. The molecular formula is C17H25N3O. The van der Waals surface area contributed by atoms with Gasteiger partial charge < -0.3 is 16.4 Å². The molecule has 0 bridgehead atoms. The summed E-state index contributed by atoms with van der Waals surface area (Å²) >= 11 is 0. The zero-order chi connectivity index (χ0) is 14.8. The van der Waals surface area contributed by atoms with Crippen LogP contribution in [-0.4, -0.2) is 12.5 Å². The Morgan fingerprint density at radius 3 is 2.90 bits per heavy atom. The van der Waals surface area contributed by atoms with Crippen LogP contribution < -0.4 is 16.4 Å². The van der Waals surface area contributed by atoms with Gasteiger partial charge in [0, 0.05) is 18.7 Å². The van der Waals surface area contributed by atoms with E-state index in [0.29, 0.717) is 6.42 Å². The van der Waals surface area contributed by atoms with Crippen LogP contribution in [0.5, 0.6) is 0 Å². The lowest BCUT2D eigenvalue weighted by Crippen LogP contribution is -2.25. The van der Waals surface area contributed by atoms with Crippen molar-refractivity contribution < 1.29 is 4.79 Å². The third kappa shape index (κ3) is 3.14. The maximum Gasteiger partial charge on any atom is 0.224 e. The molecule has 2 aliphatic rings. The molecule has 1 heterocycles. The Balaban J connectivity index is 1.70. The molecule has 1 saturated carbocycles. The lowest BCUT2D eigenvalue weighted by Gasteiger charge is -2.29. The van der Waals surface area contributed by atoms with Gasteiger partial charge in [-0.1, -0.05) is 26.2 Å². The second kappa shape index (κ2) is 5.96. The number of amides is 1. The highest BCUT2D eigenvalue weighted by atomic mass is 16.1. The van der Waals surface area contributed by atoms with Crippen LogP contribution in [0.3, 0.4) is 0 Å². The number of hydrogen-bond acceptors (Lipinski definition) is 3. The van der Waals surface area contributed by atoms with Gasteiger partial charge in [-0.3, -0.25) is 4.79 Å². The third-order valence-corrected chi connectivity index (χ3v) is 5.01. The summed E-state index contributed by atoms with van der Waals surface area (Å²) in [6, 6.07) is 4.00. The minimum Gasteiger partial charge on any atom is -0.397 e. The lowest BCUT2D eigenvalue weighted by atomic mass is 9.80. The van der Waals surface area contributed by atoms with Crippen LogP contribution in [0.4, 0.5) is 17.1 Å². The number of benzene rings is 1. The van der Waals surface area contributed by atoms with Crippen molar-refractivity contribution in [3.63, 3.8) is 0 Å². The molecule has 21 heavy (non-hydrogen) atoms. The first-order valence-corrected chi connectivity index (χ1v) is 8.09. The predicted octanol–water partition coefficient (Wildman–Crippen LogP) is 3.39. The predicted molar refractivity (Wildman–Crippen MR) is 87.4 cm³/mol. The summed E-state index contributed by atoms with van der Waals surface area (Å²) in [4.78, 5) is 11.5. The van der Waals surface area contributed by atoms with Crippen LogP contribution in [0.2, 0.25) is 0 Å². The van der Waals surface area contributed by atoms with Crippen LogP contribution in [0.15, 0.2) is 12.1 Å². The molecule has 114 valence electrons. The minimum atomic E-state index is 0.0964. The van der Waals surface area contributed by atoms with Crippen molar-refractivity contribution in [1.29, 1.82) is 0 Å². The number of nitrogens with two attached hydrogens (primary N) is 1. The molecule has 4 N–H and O–H groups in total. The second-order valence-corrected chi connectivity index (χ2v) is 6.55. The van der Waals surface area contributed by atoms with E-state index in [0.717, 1.165) is 47.4 Å². The first kappa shape index (κ1) is 14.2. The summed E-state index contributed by atoms with van der Waals surface area (Å²) in [5.74, 6) is 1.60. The monoisotopic (exact) mass is 287 g/mol. The number of aryl methyl sites for hydroxylation is 1. The largest absolute Gasteiger partial charge is 0.397 e. The molecule has 0 spiro atoms. The Bertz CT molecular complexity index is 541. The Morgan fingerprint density at radius 2 is 2.10 bits per heavy atom. The number of carbonyl (C=O) groups excluding carboxylic acids is 1. The number of anilines is 3. The van der Waals surface area contributed by atoms with Crippen molar-refractivity contribution in [1.82, 2.24) is 0 Å². The van der Waals surface area contributed by atoms with Crippen molar-refractivity contribution in [3.8, 4) is 0 Å². The molecular weight excluding hydrogens is 262 g/mol. The highest BCUT2D eigenvalue weighted by Crippen LogP contribution is 2.33. The van der Waals surface area contributed by atoms with Crippen LogP contribution in [-0.2, 0) is 11.2 Å². The molecule has 1 fully saturated rings. The van der Waals surface area contributed by atoms with Crippen LogP contribution in [0.25, 0.3) is 0 Å². The standard InChI is InChI=1S/C17H25N3O/c1-11-4-2-3-5-13(11)10-19-16-9-15-12(8-14(16)18)6-7-17(21)20-15/h8-9,11,13,19H,2-7,10,18H2,1H3,(H,20,21). The van der Waals surface area contributed by atoms with Crippen molar-refractivity contribution in [2.24, 2.45) is 11.8 Å². The molecule has 3 rings (SSSR count). The van der Waals surface area contributed by atoms with E-state index in [-0.39, 0.29) is 5.91 Å². The van der Waals surface area contributed by atoms with Gasteiger partial charge >= 0.3 is 0 Å². The lowest BCUT2D eigenvalue weighted by molar-refractivity contribution is -0.116. The third-order valence-electron chi connectivity index (χ3n) is 5.01. The van der Waals surface area contributed by atoms with E-state index < -0.39 is 0 Å². The van der Waals surface area contributed by atoms with Crippen LogP contribution in [0, 0.1) is 11.8 Å². The fourth-order valence-electron chi connectivity index (χ4n) is 3.54. The molecule has 2 atom stereocenters. The fraction of sp³-hybridized carbons (Fsp3) is 0.588. The van der Waals surface area contributed by atoms with Gasteiger partial charge in [0.2, 0.25) is 5.91 Å².